The Morgan fingerprint density at radius 1 is 1.60 bits per heavy atom. The minimum Gasteiger partial charge on any atom is -0.481 e. The molecule has 1 unspecified atom stereocenters. The lowest BCUT2D eigenvalue weighted by Gasteiger charge is -2.03. The molecule has 0 bridgehead atoms. The quantitative estimate of drug-likeness (QED) is 0.678. The Morgan fingerprint density at radius 2 is 2.33 bits per heavy atom. The molecule has 6 heteroatoms. The first kappa shape index (κ1) is 9.45. The van der Waals surface area contributed by atoms with Crippen molar-refractivity contribution >= 4 is 17.6 Å². The molecule has 1 aliphatic heterocycles. The monoisotopic (exact) mass is 208 g/mol. The van der Waals surface area contributed by atoms with Crippen LogP contribution in [0.3, 0.4) is 0 Å². The number of rotatable bonds is 2. The lowest BCUT2D eigenvalue weighted by Crippen LogP contribution is -2.20. The standard InChI is InChI=1S/C9H8N2O4/c1-15-5-3-2-4-7(11-5)6(9(13)14)8(12)10-4/h2-3,6H,1H3,(H,10,12)(H,13,14). The Labute approximate surface area is 84.9 Å². The number of aromatic nitrogens is 1. The fraction of sp³-hybridized carbons (Fsp3) is 0.222. The molecule has 0 fully saturated rings. The number of hydrogen-bond donors (Lipinski definition) is 2. The highest BCUT2D eigenvalue weighted by Gasteiger charge is 2.38. The van der Waals surface area contributed by atoms with Gasteiger partial charge in [-0.05, 0) is 6.07 Å². The van der Waals surface area contributed by atoms with E-state index in [-0.39, 0.29) is 11.6 Å². The Hall–Kier alpha value is -2.11. The van der Waals surface area contributed by atoms with E-state index in [4.69, 9.17) is 9.84 Å². The molecule has 0 aromatic carbocycles. The molecule has 0 aliphatic carbocycles. The Balaban J connectivity index is 2.50. The van der Waals surface area contributed by atoms with Crippen LogP contribution in [0, 0.1) is 0 Å². The topological polar surface area (TPSA) is 88.5 Å². The maximum absolute atomic E-state index is 11.3. The molecule has 1 aliphatic rings. The number of hydrogen-bond acceptors (Lipinski definition) is 4. The van der Waals surface area contributed by atoms with Crippen LogP contribution in [0.25, 0.3) is 0 Å². The molecule has 78 valence electrons. The van der Waals surface area contributed by atoms with Crippen molar-refractivity contribution in [3.63, 3.8) is 0 Å². The van der Waals surface area contributed by atoms with Crippen LogP contribution in [-0.2, 0) is 9.59 Å². The van der Waals surface area contributed by atoms with E-state index in [1.165, 1.54) is 7.11 Å². The van der Waals surface area contributed by atoms with Crippen molar-refractivity contribution in [2.45, 2.75) is 5.92 Å². The number of ether oxygens (including phenoxy) is 1. The zero-order valence-corrected chi connectivity index (χ0v) is 7.85. The zero-order chi connectivity index (χ0) is 11.0. The average Bonchev–Trinajstić information content (AvgIpc) is 2.52. The summed E-state index contributed by atoms with van der Waals surface area (Å²) >= 11 is 0. The van der Waals surface area contributed by atoms with Crippen LogP contribution in [-0.4, -0.2) is 29.1 Å². The van der Waals surface area contributed by atoms with Crippen molar-refractivity contribution in [3.8, 4) is 5.88 Å². The van der Waals surface area contributed by atoms with Gasteiger partial charge in [-0.2, -0.15) is 0 Å². The first-order valence-electron chi connectivity index (χ1n) is 4.22. The lowest BCUT2D eigenvalue weighted by molar-refractivity contribution is -0.141. The van der Waals surface area contributed by atoms with Crippen LogP contribution in [0.15, 0.2) is 12.1 Å². The average molecular weight is 208 g/mol. The third-order valence-corrected chi connectivity index (χ3v) is 2.15. The minimum absolute atomic E-state index is 0.201. The number of carbonyl (C=O) groups excluding carboxylic acids is 1. The van der Waals surface area contributed by atoms with Gasteiger partial charge in [0.15, 0.2) is 5.92 Å². The van der Waals surface area contributed by atoms with Gasteiger partial charge >= 0.3 is 5.97 Å². The number of methoxy groups -OCH3 is 1. The van der Waals surface area contributed by atoms with Crippen molar-refractivity contribution in [3.05, 3.63) is 17.8 Å². The van der Waals surface area contributed by atoms with Crippen molar-refractivity contribution in [1.82, 2.24) is 4.98 Å². The van der Waals surface area contributed by atoms with Crippen molar-refractivity contribution < 1.29 is 19.4 Å². The molecule has 2 heterocycles. The second-order valence-electron chi connectivity index (χ2n) is 3.05. The predicted molar refractivity (Wildman–Crippen MR) is 49.8 cm³/mol. The van der Waals surface area contributed by atoms with E-state index in [1.54, 1.807) is 12.1 Å². The summed E-state index contributed by atoms with van der Waals surface area (Å²) in [7, 11) is 1.43. The minimum atomic E-state index is -1.24. The lowest BCUT2D eigenvalue weighted by atomic mass is 10.1. The summed E-state index contributed by atoms with van der Waals surface area (Å²) < 4.78 is 4.86. The summed E-state index contributed by atoms with van der Waals surface area (Å²) in [5.74, 6) is -2.74. The number of anilines is 1. The molecule has 2 N–H and O–H groups in total. The van der Waals surface area contributed by atoms with Gasteiger partial charge in [-0.3, -0.25) is 9.59 Å². The maximum atomic E-state index is 11.3. The van der Waals surface area contributed by atoms with Gasteiger partial charge in [0, 0.05) is 6.07 Å². The number of amides is 1. The predicted octanol–water partition coefficient (Wildman–Crippen LogP) is 0.210. The summed E-state index contributed by atoms with van der Waals surface area (Å²) in [6.45, 7) is 0. The molecule has 0 spiro atoms. The smallest absolute Gasteiger partial charge is 0.322 e. The molecule has 0 radical (unpaired) electrons. The number of nitrogens with one attached hydrogen (secondary N) is 1. The molecule has 1 aromatic heterocycles. The molecule has 6 nitrogen and oxygen atoms in total. The van der Waals surface area contributed by atoms with E-state index in [9.17, 15) is 9.59 Å². The molecule has 0 saturated heterocycles. The van der Waals surface area contributed by atoms with Crippen LogP contribution in [0.2, 0.25) is 0 Å². The van der Waals surface area contributed by atoms with Gasteiger partial charge in [0.2, 0.25) is 11.8 Å². The molecule has 0 saturated carbocycles. The van der Waals surface area contributed by atoms with Crippen molar-refractivity contribution in [2.75, 3.05) is 12.4 Å². The maximum Gasteiger partial charge on any atom is 0.322 e. The highest BCUT2D eigenvalue weighted by atomic mass is 16.5. The number of carboxylic acid groups (broad SMARTS) is 1. The van der Waals surface area contributed by atoms with Crippen LogP contribution in [0.5, 0.6) is 5.88 Å². The molecule has 1 atom stereocenters. The van der Waals surface area contributed by atoms with E-state index >= 15 is 0 Å². The van der Waals surface area contributed by atoms with Gasteiger partial charge in [-0.1, -0.05) is 0 Å². The molecular weight excluding hydrogens is 200 g/mol. The van der Waals surface area contributed by atoms with E-state index in [0.29, 0.717) is 5.69 Å². The second kappa shape index (κ2) is 3.23. The van der Waals surface area contributed by atoms with Gasteiger partial charge in [-0.25, -0.2) is 4.98 Å². The number of pyridine rings is 1. The van der Waals surface area contributed by atoms with Gasteiger partial charge in [0.05, 0.1) is 18.5 Å². The van der Waals surface area contributed by atoms with E-state index in [0.717, 1.165) is 0 Å². The fourth-order valence-corrected chi connectivity index (χ4v) is 1.45. The number of fused-ring (bicyclic) bond motifs is 1. The summed E-state index contributed by atoms with van der Waals surface area (Å²) in [5, 5.41) is 11.3. The van der Waals surface area contributed by atoms with Gasteiger partial charge in [-0.15, -0.1) is 0 Å². The Bertz CT molecular complexity index is 444. The van der Waals surface area contributed by atoms with E-state index in [1.807, 2.05) is 0 Å². The highest BCUT2D eigenvalue weighted by Crippen LogP contribution is 2.32. The number of carbonyl (C=O) groups is 2. The fourth-order valence-electron chi connectivity index (χ4n) is 1.45. The van der Waals surface area contributed by atoms with Gasteiger partial charge in [0.1, 0.15) is 0 Å². The van der Waals surface area contributed by atoms with Crippen LogP contribution < -0.4 is 10.1 Å². The molecule has 2 rings (SSSR count). The van der Waals surface area contributed by atoms with Crippen LogP contribution >= 0.6 is 0 Å². The van der Waals surface area contributed by atoms with Gasteiger partial charge in [0.25, 0.3) is 0 Å². The third kappa shape index (κ3) is 1.39. The highest BCUT2D eigenvalue weighted by molar-refractivity contribution is 6.13. The number of carboxylic acids is 1. The summed E-state index contributed by atoms with van der Waals surface area (Å²) in [4.78, 5) is 26.1. The SMILES string of the molecule is COc1ccc2c(n1)C(C(=O)O)C(=O)N2. The summed E-state index contributed by atoms with van der Waals surface area (Å²) in [6.07, 6.45) is 0. The van der Waals surface area contributed by atoms with Crippen LogP contribution in [0.1, 0.15) is 11.6 Å². The zero-order valence-electron chi connectivity index (χ0n) is 7.85. The normalized spacial score (nSPS) is 18.2. The molecular formula is C9H8N2O4. The Morgan fingerprint density at radius 3 is 2.93 bits per heavy atom. The molecule has 1 amide bonds. The van der Waals surface area contributed by atoms with E-state index < -0.39 is 17.8 Å². The Kier molecular flexibility index (Phi) is 2.03. The summed E-state index contributed by atoms with van der Waals surface area (Å²) in [5.41, 5.74) is 0.625. The third-order valence-electron chi connectivity index (χ3n) is 2.15. The molecule has 15 heavy (non-hydrogen) atoms. The molecule has 1 aromatic rings. The first-order chi connectivity index (χ1) is 7.13. The largest absolute Gasteiger partial charge is 0.481 e. The first-order valence-corrected chi connectivity index (χ1v) is 4.22. The van der Waals surface area contributed by atoms with Crippen molar-refractivity contribution in [1.29, 1.82) is 0 Å². The second-order valence-corrected chi connectivity index (χ2v) is 3.05. The van der Waals surface area contributed by atoms with Gasteiger partial charge < -0.3 is 15.2 Å². The number of aliphatic carboxylic acids is 1. The van der Waals surface area contributed by atoms with Crippen LogP contribution in [0.4, 0.5) is 5.69 Å². The van der Waals surface area contributed by atoms with E-state index in [2.05, 4.69) is 10.3 Å². The van der Waals surface area contributed by atoms with Crippen molar-refractivity contribution in [2.24, 2.45) is 0 Å². The summed E-state index contributed by atoms with van der Waals surface area (Å²) in [6, 6.07) is 3.13. The number of nitrogens with zero attached hydrogens (tertiary/aromatic N) is 1.